The number of H-pyrrole nitrogens is 1. The van der Waals surface area contributed by atoms with Gasteiger partial charge in [-0.2, -0.15) is 0 Å². The van der Waals surface area contributed by atoms with Crippen LogP contribution < -0.4 is 0 Å². The predicted octanol–water partition coefficient (Wildman–Crippen LogP) is 4.97. The van der Waals surface area contributed by atoms with E-state index in [0.29, 0.717) is 17.0 Å². The summed E-state index contributed by atoms with van der Waals surface area (Å²) in [5.41, 5.74) is 4.74. The van der Waals surface area contributed by atoms with Gasteiger partial charge in [0.2, 0.25) is 5.78 Å². The summed E-state index contributed by atoms with van der Waals surface area (Å²) >= 11 is 0. The molecule has 0 aliphatic carbocycles. The van der Waals surface area contributed by atoms with E-state index < -0.39 is 5.97 Å². The zero-order valence-electron chi connectivity index (χ0n) is 14.9. The number of aromatic carboxylic acids is 1. The molecule has 0 spiro atoms. The number of ketones is 1. The Kier molecular flexibility index (Phi) is 3.92. The molecule has 0 saturated heterocycles. The van der Waals surface area contributed by atoms with Crippen LogP contribution in [0, 0.1) is 13.8 Å². The van der Waals surface area contributed by atoms with E-state index in [1.165, 1.54) is 24.3 Å². The van der Waals surface area contributed by atoms with Gasteiger partial charge in [0, 0.05) is 10.9 Å². The van der Waals surface area contributed by atoms with E-state index in [2.05, 4.69) is 11.1 Å². The largest absolute Gasteiger partial charge is 0.478 e. The highest BCUT2D eigenvalue weighted by molar-refractivity contribution is 6.08. The number of benzene rings is 2. The number of aromatic amines is 1. The first-order valence-electron chi connectivity index (χ1n) is 8.51. The first-order valence-corrected chi connectivity index (χ1v) is 8.51. The van der Waals surface area contributed by atoms with Gasteiger partial charge in [-0.15, -0.1) is 0 Å². The number of carbonyl (C=O) groups excluding carboxylic acids is 1. The number of furan rings is 1. The van der Waals surface area contributed by atoms with Crippen molar-refractivity contribution in [3.05, 3.63) is 82.5 Å². The van der Waals surface area contributed by atoms with Gasteiger partial charge in [-0.3, -0.25) is 4.79 Å². The zero-order valence-corrected chi connectivity index (χ0v) is 14.9. The molecule has 0 fully saturated rings. The normalized spacial score (nSPS) is 11.0. The number of nitrogens with one attached hydrogen (secondary N) is 1. The van der Waals surface area contributed by atoms with E-state index in [9.17, 15) is 9.59 Å². The number of hydrogen-bond acceptors (Lipinski definition) is 3. The molecule has 0 amide bonds. The number of aromatic nitrogens is 1. The molecule has 0 bridgehead atoms. The third-order valence-corrected chi connectivity index (χ3v) is 4.69. The van der Waals surface area contributed by atoms with E-state index in [0.717, 1.165) is 27.8 Å². The molecule has 0 saturated carbocycles. The maximum Gasteiger partial charge on any atom is 0.335 e. The van der Waals surface area contributed by atoms with Crippen molar-refractivity contribution in [2.24, 2.45) is 0 Å². The van der Waals surface area contributed by atoms with E-state index in [1.807, 2.05) is 26.0 Å². The second-order valence-electron chi connectivity index (χ2n) is 6.55. The fourth-order valence-corrected chi connectivity index (χ4v) is 3.12. The SMILES string of the molecule is Cc1ccc(C)c2oc(-c3ccc(C(=O)c4ccc(C(=O)O)cc4)[nH]3)cc12. The Morgan fingerprint density at radius 2 is 1.56 bits per heavy atom. The molecule has 27 heavy (non-hydrogen) atoms. The lowest BCUT2D eigenvalue weighted by Crippen LogP contribution is -2.03. The monoisotopic (exact) mass is 359 g/mol. The van der Waals surface area contributed by atoms with Crippen LogP contribution in [0.3, 0.4) is 0 Å². The molecule has 5 nitrogen and oxygen atoms in total. The number of carboxylic acid groups (broad SMARTS) is 1. The van der Waals surface area contributed by atoms with Gasteiger partial charge in [-0.1, -0.05) is 24.3 Å². The molecule has 0 radical (unpaired) electrons. The molecule has 2 aromatic carbocycles. The molecule has 0 aliphatic heterocycles. The summed E-state index contributed by atoms with van der Waals surface area (Å²) in [6, 6.07) is 15.4. The van der Waals surface area contributed by atoms with Gasteiger partial charge in [0.15, 0.2) is 5.76 Å². The van der Waals surface area contributed by atoms with E-state index >= 15 is 0 Å². The van der Waals surface area contributed by atoms with Crippen LogP contribution >= 0.6 is 0 Å². The number of aryl methyl sites for hydroxylation is 2. The van der Waals surface area contributed by atoms with Gasteiger partial charge in [0.25, 0.3) is 0 Å². The molecular formula is C22H17NO4. The zero-order chi connectivity index (χ0) is 19.1. The summed E-state index contributed by atoms with van der Waals surface area (Å²) in [6.45, 7) is 4.03. The van der Waals surface area contributed by atoms with Crippen LogP contribution in [0.2, 0.25) is 0 Å². The van der Waals surface area contributed by atoms with Crippen molar-refractivity contribution in [2.75, 3.05) is 0 Å². The summed E-state index contributed by atoms with van der Waals surface area (Å²) in [5.74, 6) is -0.559. The van der Waals surface area contributed by atoms with Crippen molar-refractivity contribution in [3.63, 3.8) is 0 Å². The number of carbonyl (C=O) groups is 2. The van der Waals surface area contributed by atoms with Crippen LogP contribution in [0.5, 0.6) is 0 Å². The molecule has 2 aromatic heterocycles. The summed E-state index contributed by atoms with van der Waals surface area (Å²) in [5, 5.41) is 10.0. The second kappa shape index (κ2) is 6.29. The van der Waals surface area contributed by atoms with Gasteiger partial charge in [-0.25, -0.2) is 4.79 Å². The van der Waals surface area contributed by atoms with Crippen molar-refractivity contribution < 1.29 is 19.1 Å². The second-order valence-corrected chi connectivity index (χ2v) is 6.55. The average molecular weight is 359 g/mol. The van der Waals surface area contributed by atoms with Gasteiger partial charge in [0.1, 0.15) is 5.58 Å². The maximum absolute atomic E-state index is 12.6. The lowest BCUT2D eigenvalue weighted by molar-refractivity contribution is 0.0696. The van der Waals surface area contributed by atoms with Crippen LogP contribution in [0.1, 0.15) is 37.5 Å². The Morgan fingerprint density at radius 3 is 2.22 bits per heavy atom. The van der Waals surface area contributed by atoms with Crippen molar-refractivity contribution in [3.8, 4) is 11.5 Å². The fraction of sp³-hybridized carbons (Fsp3) is 0.0909. The van der Waals surface area contributed by atoms with Crippen LogP contribution in [-0.2, 0) is 0 Å². The topological polar surface area (TPSA) is 83.3 Å². The van der Waals surface area contributed by atoms with Gasteiger partial charge in [0.05, 0.1) is 17.0 Å². The van der Waals surface area contributed by atoms with Crippen LogP contribution in [0.25, 0.3) is 22.4 Å². The lowest BCUT2D eigenvalue weighted by atomic mass is 10.1. The molecule has 4 rings (SSSR count). The minimum Gasteiger partial charge on any atom is -0.478 e. The first-order chi connectivity index (χ1) is 12.9. The van der Waals surface area contributed by atoms with Crippen LogP contribution in [-0.4, -0.2) is 21.8 Å². The Bertz CT molecular complexity index is 1140. The van der Waals surface area contributed by atoms with Crippen molar-refractivity contribution in [1.82, 2.24) is 4.98 Å². The van der Waals surface area contributed by atoms with Crippen molar-refractivity contribution in [1.29, 1.82) is 0 Å². The number of fused-ring (bicyclic) bond motifs is 1. The molecule has 0 unspecified atom stereocenters. The molecule has 134 valence electrons. The van der Waals surface area contributed by atoms with Crippen molar-refractivity contribution in [2.45, 2.75) is 13.8 Å². The number of rotatable bonds is 4. The lowest BCUT2D eigenvalue weighted by Gasteiger charge is -2.00. The molecule has 0 aliphatic rings. The number of carboxylic acids is 1. The highest BCUT2D eigenvalue weighted by Crippen LogP contribution is 2.31. The minimum absolute atomic E-state index is 0.145. The minimum atomic E-state index is -1.02. The van der Waals surface area contributed by atoms with E-state index in [4.69, 9.17) is 9.52 Å². The Balaban J connectivity index is 1.67. The third kappa shape index (κ3) is 2.93. The summed E-state index contributed by atoms with van der Waals surface area (Å²) in [7, 11) is 0. The maximum atomic E-state index is 12.6. The van der Waals surface area contributed by atoms with Gasteiger partial charge < -0.3 is 14.5 Å². The third-order valence-electron chi connectivity index (χ3n) is 4.69. The summed E-state index contributed by atoms with van der Waals surface area (Å²) < 4.78 is 6.00. The fourth-order valence-electron chi connectivity index (χ4n) is 3.12. The molecule has 4 aromatic rings. The number of hydrogen-bond donors (Lipinski definition) is 2. The van der Waals surface area contributed by atoms with E-state index in [1.54, 1.807) is 12.1 Å². The molecule has 2 N–H and O–H groups in total. The quantitative estimate of drug-likeness (QED) is 0.504. The smallest absolute Gasteiger partial charge is 0.335 e. The average Bonchev–Trinajstić information content (AvgIpc) is 3.32. The van der Waals surface area contributed by atoms with Crippen LogP contribution in [0.15, 0.2) is 59.0 Å². The van der Waals surface area contributed by atoms with Crippen molar-refractivity contribution >= 4 is 22.7 Å². The Morgan fingerprint density at radius 1 is 0.889 bits per heavy atom. The highest BCUT2D eigenvalue weighted by Gasteiger charge is 2.16. The predicted molar refractivity (Wildman–Crippen MR) is 102 cm³/mol. The van der Waals surface area contributed by atoms with Gasteiger partial charge >= 0.3 is 5.97 Å². The molecule has 5 heteroatoms. The van der Waals surface area contributed by atoms with E-state index in [-0.39, 0.29) is 11.3 Å². The Hall–Kier alpha value is -3.60. The highest BCUT2D eigenvalue weighted by atomic mass is 16.4. The first kappa shape index (κ1) is 16.8. The summed E-state index contributed by atoms with van der Waals surface area (Å²) in [4.78, 5) is 26.7. The molecular weight excluding hydrogens is 342 g/mol. The summed E-state index contributed by atoms with van der Waals surface area (Å²) in [6.07, 6.45) is 0. The molecule has 2 heterocycles. The molecule has 0 atom stereocenters. The standard InChI is InChI=1S/C22H17NO4/c1-12-3-4-13(2)21-16(12)11-19(27-21)17-9-10-18(23-17)20(24)14-5-7-15(8-6-14)22(25)26/h3-11,23H,1-2H3,(H,25,26). The van der Waals surface area contributed by atoms with Crippen LogP contribution in [0.4, 0.5) is 0 Å². The van der Waals surface area contributed by atoms with Gasteiger partial charge in [-0.05, 0) is 55.3 Å². The Labute approximate surface area is 155 Å².